The Kier molecular flexibility index (Phi) is 27.5. The molecule has 0 aliphatic heterocycles. The molecule has 0 N–H and O–H groups in total. The zero-order valence-electron chi connectivity index (χ0n) is 23.0. The van der Waals surface area contributed by atoms with Gasteiger partial charge in [0, 0.05) is 7.11 Å². The minimum atomic E-state index is 0.520. The van der Waals surface area contributed by atoms with E-state index in [-0.39, 0.29) is 0 Å². The highest BCUT2D eigenvalue weighted by atomic mass is 16.6. The standard InChI is InChI=1S/C27H48O11/c1-28-7-8-29-9-10-30-11-12-31-13-14-32-15-16-33-17-18-34-19-20-35-21-22-36-23-24-37-25-26-38-27-5-3-2-4-6-27/h2-6H,7-26H2,1H3. The molecule has 222 valence electrons. The largest absolute Gasteiger partial charge is 0.491 e. The highest BCUT2D eigenvalue weighted by molar-refractivity contribution is 5.20. The molecule has 0 unspecified atom stereocenters. The third-order valence-corrected chi connectivity index (χ3v) is 4.65. The molecule has 11 heteroatoms. The molecule has 0 spiro atoms. The summed E-state index contributed by atoms with van der Waals surface area (Å²) in [4.78, 5) is 0. The molecule has 0 atom stereocenters. The normalized spacial score (nSPS) is 11.3. The van der Waals surface area contributed by atoms with Gasteiger partial charge in [-0.25, -0.2) is 0 Å². The molecule has 0 radical (unpaired) electrons. The molecule has 0 amide bonds. The lowest BCUT2D eigenvalue weighted by atomic mass is 10.3. The molecule has 0 bridgehead atoms. The molecule has 1 aromatic rings. The van der Waals surface area contributed by atoms with Crippen molar-refractivity contribution in [2.45, 2.75) is 0 Å². The Labute approximate surface area is 227 Å². The van der Waals surface area contributed by atoms with Crippen molar-refractivity contribution in [3.05, 3.63) is 30.3 Å². The van der Waals surface area contributed by atoms with E-state index in [1.165, 1.54) is 0 Å². The summed E-state index contributed by atoms with van der Waals surface area (Å²) < 4.78 is 59.3. The van der Waals surface area contributed by atoms with Crippen LogP contribution in [0.5, 0.6) is 5.75 Å². The number of ether oxygens (including phenoxy) is 11. The first kappa shape index (κ1) is 34.6. The second kappa shape index (κ2) is 30.2. The van der Waals surface area contributed by atoms with E-state index in [0.29, 0.717) is 132 Å². The Morgan fingerprint density at radius 3 is 0.895 bits per heavy atom. The Morgan fingerprint density at radius 1 is 0.342 bits per heavy atom. The SMILES string of the molecule is COCCOCCOCCOCCOCCOCCOCCOCCOCCOCCOc1ccccc1. The third-order valence-electron chi connectivity index (χ3n) is 4.65. The first-order valence-electron chi connectivity index (χ1n) is 13.3. The van der Waals surface area contributed by atoms with E-state index in [9.17, 15) is 0 Å². The lowest BCUT2D eigenvalue weighted by Crippen LogP contribution is -2.15. The van der Waals surface area contributed by atoms with Gasteiger partial charge in [-0.05, 0) is 12.1 Å². The quantitative estimate of drug-likeness (QED) is 0.127. The van der Waals surface area contributed by atoms with Gasteiger partial charge in [0.1, 0.15) is 12.4 Å². The molecular formula is C27H48O11. The highest BCUT2D eigenvalue weighted by Gasteiger charge is 1.96. The molecule has 0 aromatic heterocycles. The van der Waals surface area contributed by atoms with Gasteiger partial charge < -0.3 is 52.1 Å². The fraction of sp³-hybridized carbons (Fsp3) is 0.778. The lowest BCUT2D eigenvalue weighted by molar-refractivity contribution is -0.0262. The van der Waals surface area contributed by atoms with Crippen LogP contribution in [0.25, 0.3) is 0 Å². The number of hydrogen-bond donors (Lipinski definition) is 0. The van der Waals surface area contributed by atoms with Crippen molar-refractivity contribution in [2.24, 2.45) is 0 Å². The molecule has 0 aliphatic rings. The predicted octanol–water partition coefficient (Wildman–Crippen LogP) is 1.86. The molecule has 11 nitrogen and oxygen atoms in total. The summed E-state index contributed by atoms with van der Waals surface area (Å²) in [6.07, 6.45) is 0. The number of methoxy groups -OCH3 is 1. The molecule has 38 heavy (non-hydrogen) atoms. The lowest BCUT2D eigenvalue weighted by Gasteiger charge is -2.09. The molecule has 0 fully saturated rings. The van der Waals surface area contributed by atoms with Gasteiger partial charge in [0.2, 0.25) is 0 Å². The molecular weight excluding hydrogens is 500 g/mol. The monoisotopic (exact) mass is 548 g/mol. The molecule has 0 saturated heterocycles. The highest BCUT2D eigenvalue weighted by Crippen LogP contribution is 2.07. The van der Waals surface area contributed by atoms with Crippen LogP contribution in [0.3, 0.4) is 0 Å². The van der Waals surface area contributed by atoms with Gasteiger partial charge in [0.05, 0.1) is 126 Å². The average molecular weight is 549 g/mol. The van der Waals surface area contributed by atoms with Crippen molar-refractivity contribution in [1.29, 1.82) is 0 Å². The van der Waals surface area contributed by atoms with Crippen molar-refractivity contribution >= 4 is 0 Å². The van der Waals surface area contributed by atoms with E-state index in [0.717, 1.165) is 5.75 Å². The summed E-state index contributed by atoms with van der Waals surface area (Å²) in [5.41, 5.74) is 0. The second-order valence-corrected chi connectivity index (χ2v) is 7.67. The van der Waals surface area contributed by atoms with Crippen LogP contribution in [0, 0.1) is 0 Å². The van der Waals surface area contributed by atoms with Crippen LogP contribution in [0.1, 0.15) is 0 Å². The van der Waals surface area contributed by atoms with Crippen LogP contribution in [0.4, 0.5) is 0 Å². The second-order valence-electron chi connectivity index (χ2n) is 7.67. The van der Waals surface area contributed by atoms with Crippen molar-refractivity contribution in [2.75, 3.05) is 139 Å². The Hall–Kier alpha value is -1.38. The van der Waals surface area contributed by atoms with E-state index in [4.69, 9.17) is 52.1 Å². The fourth-order valence-corrected chi connectivity index (χ4v) is 2.74. The maximum Gasteiger partial charge on any atom is 0.119 e. The van der Waals surface area contributed by atoms with Crippen LogP contribution in [0.2, 0.25) is 0 Å². The molecule has 0 heterocycles. The summed E-state index contributed by atoms with van der Waals surface area (Å²) in [5.74, 6) is 0.846. The van der Waals surface area contributed by atoms with Crippen LogP contribution < -0.4 is 4.74 Å². The zero-order valence-corrected chi connectivity index (χ0v) is 23.0. The number of benzene rings is 1. The minimum Gasteiger partial charge on any atom is -0.491 e. The van der Waals surface area contributed by atoms with Crippen LogP contribution >= 0.6 is 0 Å². The summed E-state index contributed by atoms with van der Waals surface area (Å²) in [6, 6.07) is 9.67. The van der Waals surface area contributed by atoms with Gasteiger partial charge in [-0.3, -0.25) is 0 Å². The first-order chi connectivity index (χ1) is 18.9. The van der Waals surface area contributed by atoms with Crippen LogP contribution in [0.15, 0.2) is 30.3 Å². The fourth-order valence-electron chi connectivity index (χ4n) is 2.74. The van der Waals surface area contributed by atoms with Crippen LogP contribution in [-0.4, -0.2) is 139 Å². The number of hydrogen-bond acceptors (Lipinski definition) is 11. The number of rotatable bonds is 31. The predicted molar refractivity (Wildman–Crippen MR) is 141 cm³/mol. The average Bonchev–Trinajstić information content (AvgIpc) is 2.94. The molecule has 0 saturated carbocycles. The van der Waals surface area contributed by atoms with Gasteiger partial charge >= 0.3 is 0 Å². The summed E-state index contributed by atoms with van der Waals surface area (Å²) >= 11 is 0. The van der Waals surface area contributed by atoms with Crippen LogP contribution in [-0.2, 0) is 47.4 Å². The minimum absolute atomic E-state index is 0.520. The summed E-state index contributed by atoms with van der Waals surface area (Å²) in [5, 5.41) is 0. The maximum atomic E-state index is 5.54. The van der Waals surface area contributed by atoms with Gasteiger partial charge in [-0.15, -0.1) is 0 Å². The van der Waals surface area contributed by atoms with Crippen molar-refractivity contribution < 1.29 is 52.1 Å². The van der Waals surface area contributed by atoms with E-state index in [1.54, 1.807) is 7.11 Å². The molecule has 0 aliphatic carbocycles. The van der Waals surface area contributed by atoms with Gasteiger partial charge in [-0.2, -0.15) is 0 Å². The summed E-state index contributed by atoms with van der Waals surface area (Å²) in [7, 11) is 1.65. The maximum absolute atomic E-state index is 5.54. The number of para-hydroxylation sites is 1. The Balaban J connectivity index is 1.62. The van der Waals surface area contributed by atoms with E-state index in [1.807, 2.05) is 30.3 Å². The molecule has 1 aromatic carbocycles. The van der Waals surface area contributed by atoms with Gasteiger partial charge in [-0.1, -0.05) is 18.2 Å². The summed E-state index contributed by atoms with van der Waals surface area (Å²) in [6.45, 7) is 10.7. The van der Waals surface area contributed by atoms with Crippen molar-refractivity contribution in [3.8, 4) is 5.75 Å². The third kappa shape index (κ3) is 26.2. The van der Waals surface area contributed by atoms with E-state index < -0.39 is 0 Å². The van der Waals surface area contributed by atoms with Gasteiger partial charge in [0.25, 0.3) is 0 Å². The van der Waals surface area contributed by atoms with Crippen molar-refractivity contribution in [3.63, 3.8) is 0 Å². The van der Waals surface area contributed by atoms with Gasteiger partial charge in [0.15, 0.2) is 0 Å². The first-order valence-corrected chi connectivity index (χ1v) is 13.3. The topological polar surface area (TPSA) is 102 Å². The smallest absolute Gasteiger partial charge is 0.119 e. The van der Waals surface area contributed by atoms with E-state index in [2.05, 4.69) is 0 Å². The Morgan fingerprint density at radius 2 is 0.605 bits per heavy atom. The zero-order chi connectivity index (χ0) is 27.0. The van der Waals surface area contributed by atoms with Crippen molar-refractivity contribution in [1.82, 2.24) is 0 Å². The molecule has 1 rings (SSSR count). The Bertz CT molecular complexity index is 565. The van der Waals surface area contributed by atoms with E-state index >= 15 is 0 Å².